The van der Waals surface area contributed by atoms with Crippen molar-refractivity contribution < 1.29 is 0 Å². The van der Waals surface area contributed by atoms with Crippen LogP contribution in [0.25, 0.3) is 88.0 Å². The molecule has 0 unspecified atom stereocenters. The molecule has 1 heteroatoms. The molecule has 0 radical (unpaired) electrons. The SMILES string of the molecule is CCCCCCCCC1(CCCCCCCC)c2cc(C)ccc2-c2ccc(-c3ccc(N(c4ccc(C)cc4)c4ccc5cc(-c6c7ccc(CCCCCC)cc7c(-c7ccc(-c8ccccc8)cc7)c7ccc(CCCCCC)cc67)ccc5c4)cc3)cc21. The molecular formula is C91H101N. The van der Waals surface area contributed by atoms with Gasteiger partial charge in [-0.15, -0.1) is 0 Å². The minimum Gasteiger partial charge on any atom is -0.310 e. The van der Waals surface area contributed by atoms with Gasteiger partial charge in [0.2, 0.25) is 0 Å². The summed E-state index contributed by atoms with van der Waals surface area (Å²) in [5, 5.41) is 7.81. The highest BCUT2D eigenvalue weighted by atomic mass is 15.1. The van der Waals surface area contributed by atoms with Crippen molar-refractivity contribution >= 4 is 49.4 Å². The third-order valence-electron chi connectivity index (χ3n) is 20.7. The summed E-state index contributed by atoms with van der Waals surface area (Å²) < 4.78 is 0. The molecule has 1 nitrogen and oxygen atoms in total. The molecule has 1 aliphatic carbocycles. The third-order valence-corrected chi connectivity index (χ3v) is 20.7. The molecule has 0 amide bonds. The van der Waals surface area contributed by atoms with Gasteiger partial charge in [-0.05, 0) is 211 Å². The second-order valence-electron chi connectivity index (χ2n) is 27.5. The zero-order valence-corrected chi connectivity index (χ0v) is 56.6. The first-order valence-electron chi connectivity index (χ1n) is 36.2. The molecule has 1 aliphatic rings. The minimum absolute atomic E-state index is 0.0401. The van der Waals surface area contributed by atoms with E-state index in [0.29, 0.717) is 0 Å². The standard InChI is InChI=1S/C91H101N/c1-7-11-15-19-21-28-58-91(59-29-22-20-16-12-8-2)87-60-67(6)36-54-81(87)82-57-48-76(65-88(82)91)72-45-51-79(52-46-72)92(78-49-34-66(5)35-50-78)80-53-47-74-63-77(44-43-75(74)64-80)90-84-56-38-68(30-24-17-13-9-3)61-85(84)89(73-41-39-71(40-42-73)70-32-26-23-27-33-70)83-55-37-69(62-86(83)90)31-25-18-14-10-4/h23,26-27,32-57,60-65H,7-22,24-25,28-31,58-59H2,1-6H3. The number of unbranched alkanes of at least 4 members (excludes halogenated alkanes) is 16. The van der Waals surface area contributed by atoms with Gasteiger partial charge in [-0.25, -0.2) is 0 Å². The maximum atomic E-state index is 2.62. The number of fused-ring (bicyclic) bond motifs is 6. The van der Waals surface area contributed by atoms with Gasteiger partial charge < -0.3 is 4.90 Å². The van der Waals surface area contributed by atoms with E-state index >= 15 is 0 Å². The highest BCUT2D eigenvalue weighted by Gasteiger charge is 2.42. The molecule has 0 spiro atoms. The van der Waals surface area contributed by atoms with E-state index in [4.69, 9.17) is 0 Å². The van der Waals surface area contributed by atoms with Gasteiger partial charge in [0, 0.05) is 22.5 Å². The summed E-state index contributed by atoms with van der Waals surface area (Å²) >= 11 is 0. The monoisotopic (exact) mass is 1210 g/mol. The Morgan fingerprint density at radius 1 is 0.283 bits per heavy atom. The van der Waals surface area contributed by atoms with Crippen LogP contribution < -0.4 is 4.90 Å². The number of anilines is 3. The zero-order chi connectivity index (χ0) is 63.2. The summed E-state index contributed by atoms with van der Waals surface area (Å²) in [4.78, 5) is 2.46. The first-order chi connectivity index (χ1) is 45.3. The molecule has 0 aromatic heterocycles. The van der Waals surface area contributed by atoms with Crippen molar-refractivity contribution in [2.24, 2.45) is 0 Å². The Kier molecular flexibility index (Phi) is 21.3. The Morgan fingerprint density at radius 3 is 1.30 bits per heavy atom. The van der Waals surface area contributed by atoms with Gasteiger partial charge >= 0.3 is 0 Å². The van der Waals surface area contributed by atoms with Crippen molar-refractivity contribution in [3.8, 4) is 55.6 Å². The van der Waals surface area contributed by atoms with E-state index < -0.39 is 0 Å². The molecule has 12 rings (SSSR count). The molecule has 92 heavy (non-hydrogen) atoms. The predicted molar refractivity (Wildman–Crippen MR) is 403 cm³/mol. The van der Waals surface area contributed by atoms with Crippen LogP contribution in [0.4, 0.5) is 17.1 Å². The minimum atomic E-state index is 0.0401. The van der Waals surface area contributed by atoms with E-state index in [9.17, 15) is 0 Å². The average molecular weight is 1210 g/mol. The van der Waals surface area contributed by atoms with Gasteiger partial charge in [-0.3, -0.25) is 0 Å². The van der Waals surface area contributed by atoms with Gasteiger partial charge in [-0.2, -0.15) is 0 Å². The lowest BCUT2D eigenvalue weighted by Crippen LogP contribution is -2.25. The predicted octanol–water partition coefficient (Wildman–Crippen LogP) is 27.9. The summed E-state index contributed by atoms with van der Waals surface area (Å²) in [5.74, 6) is 0. The summed E-state index contributed by atoms with van der Waals surface area (Å²) in [6.45, 7) is 13.8. The number of rotatable bonds is 31. The summed E-state index contributed by atoms with van der Waals surface area (Å²) in [6.07, 6.45) is 30.6. The number of nitrogens with zero attached hydrogens (tertiary/aromatic N) is 1. The fourth-order valence-corrected chi connectivity index (χ4v) is 15.6. The highest BCUT2D eigenvalue weighted by Crippen LogP contribution is 2.56. The van der Waals surface area contributed by atoms with Gasteiger partial charge in [0.25, 0.3) is 0 Å². The van der Waals surface area contributed by atoms with Crippen molar-refractivity contribution in [1.82, 2.24) is 0 Å². The van der Waals surface area contributed by atoms with E-state index in [-0.39, 0.29) is 5.41 Å². The number of aryl methyl sites for hydroxylation is 4. The van der Waals surface area contributed by atoms with E-state index in [2.05, 4.69) is 259 Å². The van der Waals surface area contributed by atoms with Crippen LogP contribution in [0.1, 0.15) is 202 Å². The van der Waals surface area contributed by atoms with Crippen LogP contribution >= 0.6 is 0 Å². The lowest BCUT2D eigenvalue weighted by Gasteiger charge is -2.33. The Hall–Kier alpha value is -8.00. The van der Waals surface area contributed by atoms with Gasteiger partial charge in [0.05, 0.1) is 0 Å². The van der Waals surface area contributed by atoms with Gasteiger partial charge in [0.15, 0.2) is 0 Å². The Bertz CT molecular complexity index is 4200. The van der Waals surface area contributed by atoms with E-state index in [0.717, 1.165) is 29.9 Å². The van der Waals surface area contributed by atoms with Crippen LogP contribution in [0.2, 0.25) is 0 Å². The topological polar surface area (TPSA) is 3.24 Å². The second kappa shape index (κ2) is 30.6. The first-order valence-corrected chi connectivity index (χ1v) is 36.2. The number of benzene rings is 11. The second-order valence-corrected chi connectivity index (χ2v) is 27.5. The van der Waals surface area contributed by atoms with Crippen molar-refractivity contribution in [2.45, 2.75) is 201 Å². The molecule has 11 aromatic carbocycles. The maximum Gasteiger partial charge on any atom is 0.0468 e. The zero-order valence-electron chi connectivity index (χ0n) is 56.6. The fourth-order valence-electron chi connectivity index (χ4n) is 15.6. The fraction of sp³-hybridized carbons (Fsp3) is 0.341. The smallest absolute Gasteiger partial charge is 0.0468 e. The van der Waals surface area contributed by atoms with Crippen molar-refractivity contribution in [1.29, 1.82) is 0 Å². The first kappa shape index (κ1) is 64.1. The largest absolute Gasteiger partial charge is 0.310 e. The van der Waals surface area contributed by atoms with Gasteiger partial charge in [0.1, 0.15) is 0 Å². The molecule has 0 heterocycles. The van der Waals surface area contributed by atoms with Crippen LogP contribution in [0.3, 0.4) is 0 Å². The van der Waals surface area contributed by atoms with Crippen LogP contribution in [0.15, 0.2) is 212 Å². The van der Waals surface area contributed by atoms with Crippen LogP contribution in [-0.2, 0) is 18.3 Å². The molecule has 0 saturated carbocycles. The number of hydrogen-bond donors (Lipinski definition) is 0. The Morgan fingerprint density at radius 2 is 0.707 bits per heavy atom. The summed E-state index contributed by atoms with van der Waals surface area (Å²) in [5.41, 5.74) is 25.4. The molecule has 0 bridgehead atoms. The molecular weight excluding hydrogens is 1110 g/mol. The van der Waals surface area contributed by atoms with Crippen molar-refractivity contribution in [2.75, 3.05) is 4.90 Å². The van der Waals surface area contributed by atoms with Crippen LogP contribution in [0.5, 0.6) is 0 Å². The lowest BCUT2D eigenvalue weighted by atomic mass is 9.70. The van der Waals surface area contributed by atoms with Gasteiger partial charge in [-0.1, -0.05) is 318 Å². The number of hydrogen-bond acceptors (Lipinski definition) is 1. The maximum absolute atomic E-state index is 2.62. The molecule has 0 fully saturated rings. The van der Waals surface area contributed by atoms with E-state index in [1.165, 1.54) is 251 Å². The van der Waals surface area contributed by atoms with Crippen LogP contribution in [0, 0.1) is 13.8 Å². The normalized spacial score (nSPS) is 12.5. The highest BCUT2D eigenvalue weighted by molar-refractivity contribution is 6.22. The average Bonchev–Trinajstić information content (AvgIpc) is 1.35. The molecule has 0 atom stereocenters. The third kappa shape index (κ3) is 14.3. The van der Waals surface area contributed by atoms with Crippen LogP contribution in [-0.4, -0.2) is 0 Å². The Labute approximate surface area is 553 Å². The van der Waals surface area contributed by atoms with Crippen molar-refractivity contribution in [3.63, 3.8) is 0 Å². The quantitative estimate of drug-likeness (QED) is 0.0309. The molecule has 0 N–H and O–H groups in total. The molecule has 0 saturated heterocycles. The summed E-state index contributed by atoms with van der Waals surface area (Å²) in [6, 6.07) is 83.0. The Balaban J connectivity index is 0.915. The van der Waals surface area contributed by atoms with E-state index in [1.54, 1.807) is 11.1 Å². The summed E-state index contributed by atoms with van der Waals surface area (Å²) in [7, 11) is 0. The molecule has 11 aromatic rings. The molecule has 470 valence electrons. The van der Waals surface area contributed by atoms with Crippen molar-refractivity contribution in [3.05, 3.63) is 246 Å². The lowest BCUT2D eigenvalue weighted by molar-refractivity contribution is 0.398. The molecule has 0 aliphatic heterocycles. The van der Waals surface area contributed by atoms with E-state index in [1.807, 2.05) is 0 Å².